The van der Waals surface area contributed by atoms with Crippen LogP contribution in [0.2, 0.25) is 10.0 Å². The van der Waals surface area contributed by atoms with Gasteiger partial charge in [-0.05, 0) is 30.5 Å². The molecule has 1 aromatic carbocycles. The SMILES string of the molecule is CCc1nn(C)c(CC(O)c2ccc(C)c(Cl)c2)c1Cl. The van der Waals surface area contributed by atoms with Crippen LogP contribution in [-0.2, 0) is 19.9 Å². The maximum atomic E-state index is 10.4. The highest BCUT2D eigenvalue weighted by Gasteiger charge is 2.18. The van der Waals surface area contributed by atoms with E-state index in [1.807, 2.05) is 33.0 Å². The Balaban J connectivity index is 2.25. The molecule has 2 rings (SSSR count). The average molecular weight is 313 g/mol. The lowest BCUT2D eigenvalue weighted by molar-refractivity contribution is 0.176. The van der Waals surface area contributed by atoms with Gasteiger partial charge in [0, 0.05) is 18.5 Å². The van der Waals surface area contributed by atoms with E-state index in [4.69, 9.17) is 23.2 Å². The Kier molecular flexibility index (Phi) is 4.74. The molecule has 2 aromatic rings. The molecule has 108 valence electrons. The molecule has 0 saturated heterocycles. The summed E-state index contributed by atoms with van der Waals surface area (Å²) in [5.41, 5.74) is 3.48. The number of aliphatic hydroxyl groups is 1. The predicted octanol–water partition coefficient (Wildman–Crippen LogP) is 3.87. The fourth-order valence-corrected chi connectivity index (χ4v) is 2.72. The van der Waals surface area contributed by atoms with Crippen LogP contribution in [0, 0.1) is 6.92 Å². The number of nitrogens with zero attached hydrogens (tertiary/aromatic N) is 2. The zero-order chi connectivity index (χ0) is 14.9. The number of aromatic nitrogens is 2. The van der Waals surface area contributed by atoms with E-state index in [0.717, 1.165) is 28.9 Å². The molecule has 1 heterocycles. The molecule has 0 aliphatic heterocycles. The number of rotatable bonds is 4. The van der Waals surface area contributed by atoms with Gasteiger partial charge in [-0.2, -0.15) is 5.10 Å². The second kappa shape index (κ2) is 6.17. The van der Waals surface area contributed by atoms with Crippen LogP contribution in [0.25, 0.3) is 0 Å². The molecule has 0 aliphatic rings. The van der Waals surface area contributed by atoms with Gasteiger partial charge in [-0.3, -0.25) is 4.68 Å². The molecule has 3 nitrogen and oxygen atoms in total. The van der Waals surface area contributed by atoms with Gasteiger partial charge in [-0.25, -0.2) is 0 Å². The lowest BCUT2D eigenvalue weighted by atomic mass is 10.0. The second-order valence-corrected chi connectivity index (χ2v) is 5.70. The summed E-state index contributed by atoms with van der Waals surface area (Å²) < 4.78 is 1.74. The number of aliphatic hydroxyl groups excluding tert-OH is 1. The summed E-state index contributed by atoms with van der Waals surface area (Å²) in [5, 5.41) is 16.0. The van der Waals surface area contributed by atoms with Crippen LogP contribution in [0.15, 0.2) is 18.2 Å². The van der Waals surface area contributed by atoms with Crippen LogP contribution in [0.5, 0.6) is 0 Å². The Morgan fingerprint density at radius 2 is 2.05 bits per heavy atom. The highest BCUT2D eigenvalue weighted by Crippen LogP contribution is 2.28. The van der Waals surface area contributed by atoms with Gasteiger partial charge in [0.15, 0.2) is 0 Å². The van der Waals surface area contributed by atoms with E-state index in [1.54, 1.807) is 10.7 Å². The summed E-state index contributed by atoms with van der Waals surface area (Å²) in [4.78, 5) is 0. The maximum Gasteiger partial charge on any atom is 0.0850 e. The molecule has 0 amide bonds. The molecule has 1 aromatic heterocycles. The van der Waals surface area contributed by atoms with Crippen molar-refractivity contribution in [1.82, 2.24) is 9.78 Å². The smallest absolute Gasteiger partial charge is 0.0850 e. The minimum atomic E-state index is -0.647. The van der Waals surface area contributed by atoms with Crippen LogP contribution >= 0.6 is 23.2 Å². The minimum Gasteiger partial charge on any atom is -0.388 e. The third-order valence-electron chi connectivity index (χ3n) is 3.47. The Bertz CT molecular complexity index is 623. The van der Waals surface area contributed by atoms with Gasteiger partial charge in [0.25, 0.3) is 0 Å². The summed E-state index contributed by atoms with van der Waals surface area (Å²) in [5.74, 6) is 0. The quantitative estimate of drug-likeness (QED) is 0.930. The molecular formula is C15H18Cl2N2O. The Hall–Kier alpha value is -1.03. The Morgan fingerprint density at radius 1 is 1.35 bits per heavy atom. The highest BCUT2D eigenvalue weighted by molar-refractivity contribution is 6.32. The van der Waals surface area contributed by atoms with Crippen molar-refractivity contribution in [3.05, 3.63) is 50.8 Å². The molecule has 0 bridgehead atoms. The van der Waals surface area contributed by atoms with Crippen molar-refractivity contribution in [2.24, 2.45) is 7.05 Å². The van der Waals surface area contributed by atoms with Gasteiger partial charge in [0.1, 0.15) is 0 Å². The number of hydrogen-bond donors (Lipinski definition) is 1. The van der Waals surface area contributed by atoms with E-state index in [1.165, 1.54) is 0 Å². The fraction of sp³-hybridized carbons (Fsp3) is 0.400. The van der Waals surface area contributed by atoms with Gasteiger partial charge in [0.05, 0.1) is 22.5 Å². The molecule has 0 radical (unpaired) electrons. The van der Waals surface area contributed by atoms with Crippen molar-refractivity contribution in [1.29, 1.82) is 0 Å². The summed E-state index contributed by atoms with van der Waals surface area (Å²) >= 11 is 12.4. The first kappa shape index (κ1) is 15.4. The Labute approximate surface area is 129 Å². The van der Waals surface area contributed by atoms with E-state index in [0.29, 0.717) is 16.5 Å². The molecule has 0 aliphatic carbocycles. The van der Waals surface area contributed by atoms with Crippen molar-refractivity contribution >= 4 is 23.2 Å². The van der Waals surface area contributed by atoms with Gasteiger partial charge in [-0.15, -0.1) is 0 Å². The lowest BCUT2D eigenvalue weighted by Gasteiger charge is -2.12. The van der Waals surface area contributed by atoms with E-state index < -0.39 is 6.10 Å². The fourth-order valence-electron chi connectivity index (χ4n) is 2.16. The normalized spacial score (nSPS) is 12.7. The zero-order valence-corrected chi connectivity index (χ0v) is 13.3. The number of aryl methyl sites for hydroxylation is 3. The number of hydrogen-bond acceptors (Lipinski definition) is 2. The minimum absolute atomic E-state index is 0.418. The van der Waals surface area contributed by atoms with E-state index >= 15 is 0 Å². The van der Waals surface area contributed by atoms with Crippen LogP contribution in [0.1, 0.15) is 35.5 Å². The van der Waals surface area contributed by atoms with Crippen LogP contribution in [-0.4, -0.2) is 14.9 Å². The summed E-state index contributed by atoms with van der Waals surface area (Å²) in [6.07, 6.45) is 0.548. The molecule has 20 heavy (non-hydrogen) atoms. The van der Waals surface area contributed by atoms with Gasteiger partial charge >= 0.3 is 0 Å². The zero-order valence-electron chi connectivity index (χ0n) is 11.8. The third-order valence-corrected chi connectivity index (χ3v) is 4.31. The van der Waals surface area contributed by atoms with Crippen LogP contribution in [0.4, 0.5) is 0 Å². The average Bonchev–Trinajstić information content (AvgIpc) is 2.69. The molecule has 1 N–H and O–H groups in total. The summed E-state index contributed by atoms with van der Waals surface area (Å²) in [7, 11) is 1.84. The topological polar surface area (TPSA) is 38.0 Å². The van der Waals surface area contributed by atoms with E-state index in [2.05, 4.69) is 5.10 Å². The molecule has 0 saturated carbocycles. The monoisotopic (exact) mass is 312 g/mol. The predicted molar refractivity (Wildman–Crippen MR) is 82.4 cm³/mol. The van der Waals surface area contributed by atoms with Crippen molar-refractivity contribution in [3.63, 3.8) is 0 Å². The van der Waals surface area contributed by atoms with E-state index in [9.17, 15) is 5.11 Å². The number of halogens is 2. The summed E-state index contributed by atoms with van der Waals surface area (Å²) in [6, 6.07) is 5.59. The molecule has 5 heteroatoms. The van der Waals surface area contributed by atoms with Crippen molar-refractivity contribution in [2.75, 3.05) is 0 Å². The standard InChI is InChI=1S/C15H18Cl2N2O/c1-4-12-15(17)13(19(3)18-12)8-14(20)10-6-5-9(2)11(16)7-10/h5-7,14,20H,4,8H2,1-3H3. The second-order valence-electron chi connectivity index (χ2n) is 4.91. The first-order valence-electron chi connectivity index (χ1n) is 6.58. The van der Waals surface area contributed by atoms with Crippen LogP contribution < -0.4 is 0 Å². The highest BCUT2D eigenvalue weighted by atomic mass is 35.5. The molecule has 1 unspecified atom stereocenters. The van der Waals surface area contributed by atoms with E-state index in [-0.39, 0.29) is 0 Å². The molecule has 0 fully saturated rings. The molecule has 1 atom stereocenters. The van der Waals surface area contributed by atoms with Crippen molar-refractivity contribution < 1.29 is 5.11 Å². The summed E-state index contributed by atoms with van der Waals surface area (Å²) in [6.45, 7) is 3.94. The number of benzene rings is 1. The molecule has 0 spiro atoms. The van der Waals surface area contributed by atoms with Gasteiger partial charge in [0.2, 0.25) is 0 Å². The third kappa shape index (κ3) is 3.00. The first-order valence-corrected chi connectivity index (χ1v) is 7.34. The molecular weight excluding hydrogens is 295 g/mol. The first-order chi connectivity index (χ1) is 9.43. The largest absolute Gasteiger partial charge is 0.388 e. The van der Waals surface area contributed by atoms with Crippen LogP contribution in [0.3, 0.4) is 0 Å². The van der Waals surface area contributed by atoms with Gasteiger partial charge < -0.3 is 5.11 Å². The van der Waals surface area contributed by atoms with Crippen molar-refractivity contribution in [2.45, 2.75) is 32.8 Å². The van der Waals surface area contributed by atoms with Gasteiger partial charge in [-0.1, -0.05) is 42.3 Å². The Morgan fingerprint density at radius 3 is 2.60 bits per heavy atom. The van der Waals surface area contributed by atoms with Crippen molar-refractivity contribution in [3.8, 4) is 0 Å². The maximum absolute atomic E-state index is 10.4. The lowest BCUT2D eigenvalue weighted by Crippen LogP contribution is -2.07.